The summed E-state index contributed by atoms with van der Waals surface area (Å²) in [6.45, 7) is 7.72. The van der Waals surface area contributed by atoms with E-state index in [1.54, 1.807) is 45.6 Å². The van der Waals surface area contributed by atoms with E-state index in [0.29, 0.717) is 60.8 Å². The maximum Gasteiger partial charge on any atom is 0.276 e. The van der Waals surface area contributed by atoms with E-state index >= 15 is 0 Å². The number of amides is 3. The van der Waals surface area contributed by atoms with Crippen LogP contribution >= 0.6 is 0 Å². The third-order valence-electron chi connectivity index (χ3n) is 9.72. The van der Waals surface area contributed by atoms with Crippen LogP contribution in [0, 0.1) is 6.92 Å². The molecule has 0 spiro atoms. The third-order valence-corrected chi connectivity index (χ3v) is 9.72. The number of para-hydroxylation sites is 1. The molecule has 3 heterocycles. The minimum Gasteiger partial charge on any atom is -0.396 e. The van der Waals surface area contributed by atoms with Gasteiger partial charge in [-0.05, 0) is 74.1 Å². The summed E-state index contributed by atoms with van der Waals surface area (Å²) in [5.41, 5.74) is 5.58. The Morgan fingerprint density at radius 2 is 1.63 bits per heavy atom. The average Bonchev–Trinajstić information content (AvgIpc) is 3.70. The Kier molecular flexibility index (Phi) is 11.0. The lowest BCUT2D eigenvalue weighted by molar-refractivity contribution is 0.0605. The Morgan fingerprint density at radius 1 is 0.922 bits per heavy atom. The predicted octanol–water partition coefficient (Wildman–Crippen LogP) is 6.31. The van der Waals surface area contributed by atoms with E-state index in [2.05, 4.69) is 30.3 Å². The summed E-state index contributed by atoms with van der Waals surface area (Å²) in [5.74, 6) is -0.785. The van der Waals surface area contributed by atoms with Crippen molar-refractivity contribution < 1.29 is 19.5 Å². The van der Waals surface area contributed by atoms with E-state index in [4.69, 9.17) is 5.10 Å². The quantitative estimate of drug-likeness (QED) is 0.149. The number of aliphatic hydroxyl groups excluding tert-OH is 1. The standard InChI is InChI=1S/C40H47N7O4/c1-5-7-20-45(21-8-6-2)40(51)34-23-27(3)47(42-34)36-18-17-30(41-38(49)37-32-15-11-12-16-35(32)44(4)43-37)25-33(36)39(50)46-26-29-14-10-9-13-28(29)24-31(46)19-22-48/h9-18,23,25,31,48H,5-8,19-22,24,26H2,1-4H3,(H,41,49)/t31-/m1/s1. The van der Waals surface area contributed by atoms with Gasteiger partial charge in [0.05, 0.1) is 16.8 Å². The average molecular weight is 690 g/mol. The molecular weight excluding hydrogens is 642 g/mol. The van der Waals surface area contributed by atoms with Gasteiger partial charge in [0.1, 0.15) is 0 Å². The van der Waals surface area contributed by atoms with E-state index in [-0.39, 0.29) is 30.2 Å². The molecule has 2 aromatic heterocycles. The maximum atomic E-state index is 14.8. The van der Waals surface area contributed by atoms with Crippen molar-refractivity contribution >= 4 is 34.3 Å². The fourth-order valence-corrected chi connectivity index (χ4v) is 6.93. The van der Waals surface area contributed by atoms with E-state index in [9.17, 15) is 19.5 Å². The maximum absolute atomic E-state index is 14.8. The molecule has 0 radical (unpaired) electrons. The van der Waals surface area contributed by atoms with Gasteiger partial charge < -0.3 is 20.2 Å². The smallest absolute Gasteiger partial charge is 0.276 e. The second-order valence-corrected chi connectivity index (χ2v) is 13.3. The first-order valence-corrected chi connectivity index (χ1v) is 18.0. The predicted molar refractivity (Wildman–Crippen MR) is 198 cm³/mol. The van der Waals surface area contributed by atoms with Gasteiger partial charge in [-0.25, -0.2) is 4.68 Å². The molecule has 51 heavy (non-hydrogen) atoms. The van der Waals surface area contributed by atoms with Gasteiger partial charge in [-0.2, -0.15) is 10.2 Å². The number of aryl methyl sites for hydroxylation is 2. The van der Waals surface area contributed by atoms with Crippen LogP contribution < -0.4 is 5.32 Å². The number of nitrogens with one attached hydrogen (secondary N) is 1. The largest absolute Gasteiger partial charge is 0.396 e. The van der Waals surface area contributed by atoms with Crippen LogP contribution in [0.4, 0.5) is 5.69 Å². The number of fused-ring (bicyclic) bond motifs is 2. The molecule has 0 fully saturated rings. The zero-order valence-corrected chi connectivity index (χ0v) is 29.9. The summed E-state index contributed by atoms with van der Waals surface area (Å²) < 4.78 is 3.32. The highest BCUT2D eigenvalue weighted by molar-refractivity contribution is 6.11. The molecular formula is C40H47N7O4. The summed E-state index contributed by atoms with van der Waals surface area (Å²) in [5, 5.41) is 22.9. The molecule has 11 nitrogen and oxygen atoms in total. The zero-order valence-electron chi connectivity index (χ0n) is 29.9. The molecule has 6 rings (SSSR count). The number of carbonyl (C=O) groups is 3. The van der Waals surface area contributed by atoms with Gasteiger partial charge in [-0.3, -0.25) is 19.1 Å². The Labute approximate surface area is 298 Å². The lowest BCUT2D eigenvalue weighted by Crippen LogP contribution is -2.45. The van der Waals surface area contributed by atoms with Gasteiger partial charge in [0, 0.05) is 56.1 Å². The molecule has 0 saturated heterocycles. The van der Waals surface area contributed by atoms with Gasteiger partial charge in [-0.1, -0.05) is 69.2 Å². The first-order valence-electron chi connectivity index (χ1n) is 18.0. The fourth-order valence-electron chi connectivity index (χ4n) is 6.93. The molecule has 0 aliphatic carbocycles. The van der Waals surface area contributed by atoms with Crippen molar-refractivity contribution in [2.24, 2.45) is 7.05 Å². The summed E-state index contributed by atoms with van der Waals surface area (Å²) >= 11 is 0. The van der Waals surface area contributed by atoms with Gasteiger partial charge in [0.15, 0.2) is 11.4 Å². The van der Waals surface area contributed by atoms with Crippen molar-refractivity contribution in [1.29, 1.82) is 0 Å². The van der Waals surface area contributed by atoms with E-state index < -0.39 is 5.91 Å². The van der Waals surface area contributed by atoms with Crippen LogP contribution in [0.3, 0.4) is 0 Å². The SMILES string of the molecule is CCCCN(CCCC)C(=O)c1cc(C)n(-c2ccc(NC(=O)c3nn(C)c4ccccc34)cc2C(=O)N2Cc3ccccc3C[C@H]2CCO)n1. The van der Waals surface area contributed by atoms with Crippen LogP contribution in [0.1, 0.15) is 94.1 Å². The number of anilines is 1. The number of carbonyl (C=O) groups excluding carboxylic acids is 3. The number of rotatable bonds is 13. The van der Waals surface area contributed by atoms with Crippen molar-refractivity contribution in [1.82, 2.24) is 29.4 Å². The van der Waals surface area contributed by atoms with Gasteiger partial charge in [-0.15, -0.1) is 0 Å². The highest BCUT2D eigenvalue weighted by atomic mass is 16.3. The van der Waals surface area contributed by atoms with Crippen LogP contribution in [0.2, 0.25) is 0 Å². The summed E-state index contributed by atoms with van der Waals surface area (Å²) in [7, 11) is 1.79. The molecule has 1 atom stereocenters. The minimum atomic E-state index is -0.398. The Balaban J connectivity index is 1.40. The van der Waals surface area contributed by atoms with E-state index in [1.165, 1.54) is 0 Å². The molecule has 0 saturated carbocycles. The zero-order chi connectivity index (χ0) is 36.1. The van der Waals surface area contributed by atoms with E-state index in [0.717, 1.165) is 47.7 Å². The molecule has 1 aliphatic heterocycles. The molecule has 2 N–H and O–H groups in total. The number of aliphatic hydroxyl groups is 1. The highest BCUT2D eigenvalue weighted by Gasteiger charge is 2.32. The van der Waals surface area contributed by atoms with Crippen LogP contribution in [-0.2, 0) is 20.0 Å². The van der Waals surface area contributed by atoms with Crippen LogP contribution in [-0.4, -0.2) is 77.9 Å². The van der Waals surface area contributed by atoms with Gasteiger partial charge >= 0.3 is 0 Å². The summed E-state index contributed by atoms with van der Waals surface area (Å²) in [4.78, 5) is 45.8. The van der Waals surface area contributed by atoms with Crippen molar-refractivity contribution in [3.8, 4) is 5.69 Å². The monoisotopic (exact) mass is 689 g/mol. The molecule has 11 heteroatoms. The fraction of sp³-hybridized carbons (Fsp3) is 0.375. The Morgan fingerprint density at radius 3 is 2.35 bits per heavy atom. The summed E-state index contributed by atoms with van der Waals surface area (Å²) in [6.07, 6.45) is 4.81. The lowest BCUT2D eigenvalue weighted by atomic mass is 9.91. The third kappa shape index (κ3) is 7.44. The van der Waals surface area contributed by atoms with Crippen molar-refractivity contribution in [3.05, 3.63) is 107 Å². The number of aromatic nitrogens is 4. The van der Waals surface area contributed by atoms with Gasteiger partial charge in [0.25, 0.3) is 17.7 Å². The molecule has 3 amide bonds. The number of nitrogens with zero attached hydrogens (tertiary/aromatic N) is 6. The number of unbranched alkanes of at least 4 members (excludes halogenated alkanes) is 2. The van der Waals surface area contributed by atoms with Crippen molar-refractivity contribution in [2.45, 2.75) is 71.9 Å². The van der Waals surface area contributed by atoms with Crippen molar-refractivity contribution in [2.75, 3.05) is 25.0 Å². The highest BCUT2D eigenvalue weighted by Crippen LogP contribution is 2.30. The van der Waals surface area contributed by atoms with Gasteiger partial charge in [0.2, 0.25) is 0 Å². The Hall–Kier alpha value is -5.29. The molecule has 5 aromatic rings. The van der Waals surface area contributed by atoms with Crippen LogP contribution in [0.15, 0.2) is 72.8 Å². The second kappa shape index (κ2) is 15.7. The first kappa shape index (κ1) is 35.5. The molecule has 3 aromatic carbocycles. The normalized spacial score (nSPS) is 14.1. The molecule has 266 valence electrons. The van der Waals surface area contributed by atoms with E-state index in [1.807, 2.05) is 54.3 Å². The molecule has 0 unspecified atom stereocenters. The minimum absolute atomic E-state index is 0.0616. The topological polar surface area (TPSA) is 126 Å². The van der Waals surface area contributed by atoms with Crippen LogP contribution in [0.25, 0.3) is 16.6 Å². The Bertz CT molecular complexity index is 2040. The molecule has 0 bridgehead atoms. The van der Waals surface area contributed by atoms with Crippen molar-refractivity contribution in [3.63, 3.8) is 0 Å². The van der Waals surface area contributed by atoms with Crippen LogP contribution in [0.5, 0.6) is 0 Å². The first-order chi connectivity index (χ1) is 24.7. The molecule has 1 aliphatic rings. The number of benzene rings is 3. The summed E-state index contributed by atoms with van der Waals surface area (Å²) in [6, 6.07) is 22.3. The second-order valence-electron chi connectivity index (χ2n) is 13.3. The number of hydrogen-bond donors (Lipinski definition) is 2. The number of hydrogen-bond acceptors (Lipinski definition) is 6. The lowest BCUT2D eigenvalue weighted by Gasteiger charge is -2.37.